The third-order valence-electron chi connectivity index (χ3n) is 1.18. The van der Waals surface area contributed by atoms with Crippen LogP contribution >= 0.6 is 0 Å². The van der Waals surface area contributed by atoms with Gasteiger partial charge in [0.05, 0.1) is 6.21 Å². The molecule has 0 fully saturated rings. The first-order valence-corrected chi connectivity index (χ1v) is 3.46. The zero-order valence-corrected chi connectivity index (χ0v) is 7.03. The van der Waals surface area contributed by atoms with E-state index in [-0.39, 0.29) is 0 Å². The van der Waals surface area contributed by atoms with Crippen molar-refractivity contribution in [3.63, 3.8) is 0 Å². The van der Waals surface area contributed by atoms with Gasteiger partial charge in [-0.15, -0.1) is 0 Å². The first kappa shape index (κ1) is 7.85. The fourth-order valence-corrected chi connectivity index (χ4v) is 0.695. The number of nitrogens with zero attached hydrogens (tertiary/aromatic N) is 2. The van der Waals surface area contributed by atoms with Gasteiger partial charge in [0, 0.05) is 14.1 Å². The second-order valence-electron chi connectivity index (χ2n) is 2.54. The van der Waals surface area contributed by atoms with Crippen LogP contribution in [-0.4, -0.2) is 25.3 Å². The van der Waals surface area contributed by atoms with E-state index in [0.29, 0.717) is 0 Å². The molecule has 0 aliphatic rings. The monoisotopic (exact) mass is 152 g/mol. The summed E-state index contributed by atoms with van der Waals surface area (Å²) in [7, 11) is 3.73. The van der Waals surface area contributed by atoms with Crippen LogP contribution in [0.2, 0.25) is 0 Å². The average Bonchev–Trinajstić information content (AvgIpc) is 2.31. The Bertz CT molecular complexity index is 250. The highest BCUT2D eigenvalue weighted by atomic mass is 16.3. The maximum Gasteiger partial charge on any atom is 0.147 e. The van der Waals surface area contributed by atoms with Crippen molar-refractivity contribution in [2.24, 2.45) is 5.10 Å². The van der Waals surface area contributed by atoms with Crippen LogP contribution in [-0.2, 0) is 0 Å². The predicted molar refractivity (Wildman–Crippen MR) is 44.7 cm³/mol. The highest BCUT2D eigenvalue weighted by molar-refractivity contribution is 5.75. The van der Waals surface area contributed by atoms with Crippen molar-refractivity contribution in [1.29, 1.82) is 0 Å². The molecule has 1 rings (SSSR count). The van der Waals surface area contributed by atoms with E-state index in [1.54, 1.807) is 11.2 Å². The molecule has 60 valence electrons. The van der Waals surface area contributed by atoms with Gasteiger partial charge in [-0.3, -0.25) is 0 Å². The summed E-state index contributed by atoms with van der Waals surface area (Å²) >= 11 is 0. The van der Waals surface area contributed by atoms with Crippen molar-refractivity contribution >= 4 is 6.21 Å². The second-order valence-corrected chi connectivity index (χ2v) is 2.54. The van der Waals surface area contributed by atoms with Crippen LogP contribution in [0.4, 0.5) is 0 Å². The van der Waals surface area contributed by atoms with Crippen LogP contribution in [0.25, 0.3) is 0 Å². The third kappa shape index (κ3) is 2.45. The van der Waals surface area contributed by atoms with Crippen molar-refractivity contribution < 1.29 is 4.42 Å². The third-order valence-corrected chi connectivity index (χ3v) is 1.18. The van der Waals surface area contributed by atoms with Crippen LogP contribution in [0.15, 0.2) is 21.7 Å². The molecule has 11 heavy (non-hydrogen) atoms. The molecule has 0 N–H and O–H groups in total. The highest BCUT2D eigenvalue weighted by Gasteiger charge is 1.92. The first-order chi connectivity index (χ1) is 5.18. The topological polar surface area (TPSA) is 28.7 Å². The van der Waals surface area contributed by atoms with Gasteiger partial charge in [-0.2, -0.15) is 5.10 Å². The Morgan fingerprint density at radius 2 is 2.18 bits per heavy atom. The van der Waals surface area contributed by atoms with E-state index in [1.165, 1.54) is 0 Å². The minimum Gasteiger partial charge on any atom is -0.460 e. The van der Waals surface area contributed by atoms with E-state index >= 15 is 0 Å². The van der Waals surface area contributed by atoms with Crippen LogP contribution in [0.3, 0.4) is 0 Å². The summed E-state index contributed by atoms with van der Waals surface area (Å²) in [5.41, 5.74) is 0. The summed E-state index contributed by atoms with van der Waals surface area (Å²) in [6.45, 7) is 1.91. The molecule has 0 unspecified atom stereocenters. The molecule has 0 aliphatic carbocycles. The molecule has 0 aromatic carbocycles. The summed E-state index contributed by atoms with van der Waals surface area (Å²) in [5, 5.41) is 5.74. The van der Waals surface area contributed by atoms with E-state index in [4.69, 9.17) is 4.42 Å². The van der Waals surface area contributed by atoms with Gasteiger partial charge in [0.15, 0.2) is 0 Å². The quantitative estimate of drug-likeness (QED) is 0.474. The smallest absolute Gasteiger partial charge is 0.147 e. The number of furan rings is 1. The summed E-state index contributed by atoms with van der Waals surface area (Å²) in [5.74, 6) is 1.70. The van der Waals surface area contributed by atoms with Crippen molar-refractivity contribution in [2.45, 2.75) is 6.92 Å². The number of hydrogen-bond donors (Lipinski definition) is 0. The number of aryl methyl sites for hydroxylation is 1. The second kappa shape index (κ2) is 3.23. The Morgan fingerprint density at radius 1 is 1.45 bits per heavy atom. The molecule has 0 amide bonds. The van der Waals surface area contributed by atoms with Crippen molar-refractivity contribution in [2.75, 3.05) is 14.1 Å². The number of hydrazone groups is 1. The van der Waals surface area contributed by atoms with Gasteiger partial charge in [-0.05, 0) is 19.1 Å². The molecular formula is C8H12N2O. The van der Waals surface area contributed by atoms with E-state index in [9.17, 15) is 0 Å². The molecule has 0 spiro atoms. The predicted octanol–water partition coefficient (Wildman–Crippen LogP) is 1.48. The first-order valence-electron chi connectivity index (χ1n) is 3.46. The van der Waals surface area contributed by atoms with Gasteiger partial charge < -0.3 is 9.43 Å². The van der Waals surface area contributed by atoms with Gasteiger partial charge in [0.2, 0.25) is 0 Å². The molecule has 1 heterocycles. The van der Waals surface area contributed by atoms with Crippen LogP contribution in [0, 0.1) is 6.92 Å². The van der Waals surface area contributed by atoms with Crippen LogP contribution in [0.1, 0.15) is 11.5 Å². The van der Waals surface area contributed by atoms with E-state index in [1.807, 2.05) is 33.2 Å². The maximum absolute atomic E-state index is 5.26. The molecule has 1 aromatic rings. The van der Waals surface area contributed by atoms with Crippen molar-refractivity contribution in [3.05, 3.63) is 23.7 Å². The Morgan fingerprint density at radius 3 is 2.64 bits per heavy atom. The molecule has 3 nitrogen and oxygen atoms in total. The van der Waals surface area contributed by atoms with Crippen molar-refractivity contribution in [1.82, 2.24) is 5.01 Å². The minimum absolute atomic E-state index is 0.788. The SMILES string of the molecule is Cc1ccc(/C=N\N(C)C)o1. The molecule has 0 aliphatic heterocycles. The number of hydrogen-bond acceptors (Lipinski definition) is 3. The van der Waals surface area contributed by atoms with Crippen molar-refractivity contribution in [3.8, 4) is 0 Å². The molecule has 0 bridgehead atoms. The molecular weight excluding hydrogens is 140 g/mol. The molecule has 0 radical (unpaired) electrons. The minimum atomic E-state index is 0.788. The summed E-state index contributed by atoms with van der Waals surface area (Å²) in [4.78, 5) is 0. The normalized spacial score (nSPS) is 10.8. The van der Waals surface area contributed by atoms with Gasteiger partial charge >= 0.3 is 0 Å². The van der Waals surface area contributed by atoms with E-state index < -0.39 is 0 Å². The number of rotatable bonds is 2. The van der Waals surface area contributed by atoms with Crippen LogP contribution in [0.5, 0.6) is 0 Å². The Kier molecular flexibility index (Phi) is 2.31. The lowest BCUT2D eigenvalue weighted by atomic mass is 10.4. The standard InChI is InChI=1S/C8H12N2O/c1-7-4-5-8(11-7)6-9-10(2)3/h4-6H,1-3H3/b9-6-. The van der Waals surface area contributed by atoms with Gasteiger partial charge in [0.25, 0.3) is 0 Å². The molecule has 1 aromatic heterocycles. The molecule has 0 saturated heterocycles. The van der Waals surface area contributed by atoms with E-state index in [2.05, 4.69) is 5.10 Å². The lowest BCUT2D eigenvalue weighted by molar-refractivity contribution is 0.437. The zero-order valence-electron chi connectivity index (χ0n) is 7.03. The Labute approximate surface area is 66.3 Å². The fourth-order valence-electron chi connectivity index (χ4n) is 0.695. The van der Waals surface area contributed by atoms with Gasteiger partial charge in [-0.25, -0.2) is 0 Å². The molecule has 0 saturated carbocycles. The molecule has 0 atom stereocenters. The zero-order chi connectivity index (χ0) is 8.27. The largest absolute Gasteiger partial charge is 0.460 e. The summed E-state index contributed by atoms with van der Waals surface area (Å²) in [6.07, 6.45) is 1.69. The lowest BCUT2D eigenvalue weighted by Crippen LogP contribution is -2.01. The Balaban J connectivity index is 2.64. The fraction of sp³-hybridized carbons (Fsp3) is 0.375. The summed E-state index contributed by atoms with van der Waals surface area (Å²) < 4.78 is 5.26. The van der Waals surface area contributed by atoms with Crippen LogP contribution < -0.4 is 0 Å². The Hall–Kier alpha value is -1.25. The summed E-state index contributed by atoms with van der Waals surface area (Å²) in [6, 6.07) is 3.80. The average molecular weight is 152 g/mol. The molecule has 3 heteroatoms. The van der Waals surface area contributed by atoms with Gasteiger partial charge in [-0.1, -0.05) is 0 Å². The van der Waals surface area contributed by atoms with Gasteiger partial charge in [0.1, 0.15) is 11.5 Å². The lowest BCUT2D eigenvalue weighted by Gasteiger charge is -2.00. The maximum atomic E-state index is 5.26. The highest BCUT2D eigenvalue weighted by Crippen LogP contribution is 2.02. The van der Waals surface area contributed by atoms with E-state index in [0.717, 1.165) is 11.5 Å².